The van der Waals surface area contributed by atoms with Crippen LogP contribution in [-0.2, 0) is 24.8 Å². The third-order valence-corrected chi connectivity index (χ3v) is 8.02. The summed E-state index contributed by atoms with van der Waals surface area (Å²) in [4.78, 5) is 15.0. The first kappa shape index (κ1) is 31.2. The number of pyridine rings is 1. The number of hydrogen-bond donors (Lipinski definition) is 2. The smallest absolute Gasteiger partial charge is 0.280 e. The quantitative estimate of drug-likeness (QED) is 0.267. The maximum absolute atomic E-state index is 13.5. The molecule has 1 saturated heterocycles. The summed E-state index contributed by atoms with van der Waals surface area (Å²) in [6.45, 7) is 5.49. The molecule has 2 N–H and O–H groups in total. The Hall–Kier alpha value is -3.73. The molecule has 0 atom stereocenters. The summed E-state index contributed by atoms with van der Waals surface area (Å²) in [6.07, 6.45) is 2.53. The standard InChI is InChI=1S/C26H34N6O8S2/c1-18(2)19-9-10-22(27-17-19)42(35,36)31-24-23(40-21-8-6-5-7-20(21)37-3)25(39-14-11-28-41(4,33)34)30-26(29-24)32-12-15-38-16-13-32/h5-10,17-18,28H,11-16H2,1-4H3,(H,29,30,31). The Morgan fingerprint density at radius 2 is 1.74 bits per heavy atom. The Morgan fingerprint density at radius 3 is 2.36 bits per heavy atom. The lowest BCUT2D eigenvalue weighted by Crippen LogP contribution is -2.37. The predicted molar refractivity (Wildman–Crippen MR) is 156 cm³/mol. The second kappa shape index (κ2) is 13.5. The van der Waals surface area contributed by atoms with Gasteiger partial charge >= 0.3 is 0 Å². The second-order valence-corrected chi connectivity index (χ2v) is 13.0. The van der Waals surface area contributed by atoms with Gasteiger partial charge in [-0.2, -0.15) is 18.4 Å². The summed E-state index contributed by atoms with van der Waals surface area (Å²) < 4.78 is 77.8. The first-order valence-electron chi connectivity index (χ1n) is 13.1. The minimum Gasteiger partial charge on any atom is -0.493 e. The Bertz CT molecular complexity index is 1580. The van der Waals surface area contributed by atoms with Crippen LogP contribution in [0.15, 0.2) is 47.6 Å². The lowest BCUT2D eigenvalue weighted by atomic mass is 10.1. The van der Waals surface area contributed by atoms with Crippen molar-refractivity contribution in [3.05, 3.63) is 48.2 Å². The monoisotopic (exact) mass is 622 g/mol. The number of sulfonamides is 2. The lowest BCUT2D eigenvalue weighted by Gasteiger charge is -2.28. The van der Waals surface area contributed by atoms with Gasteiger partial charge in [0.1, 0.15) is 6.61 Å². The van der Waals surface area contributed by atoms with Crippen molar-refractivity contribution < 1.29 is 35.8 Å². The maximum atomic E-state index is 13.5. The highest BCUT2D eigenvalue weighted by Gasteiger charge is 2.27. The molecule has 0 amide bonds. The van der Waals surface area contributed by atoms with E-state index in [9.17, 15) is 16.8 Å². The molecule has 2 aromatic heterocycles. The predicted octanol–water partition coefficient (Wildman–Crippen LogP) is 2.36. The van der Waals surface area contributed by atoms with E-state index in [4.69, 9.17) is 18.9 Å². The van der Waals surface area contributed by atoms with Gasteiger partial charge in [-0.1, -0.05) is 32.0 Å². The summed E-state index contributed by atoms with van der Waals surface area (Å²) in [6, 6.07) is 9.85. The molecule has 3 aromatic rings. The van der Waals surface area contributed by atoms with Gasteiger partial charge in [-0.25, -0.2) is 18.1 Å². The zero-order chi connectivity index (χ0) is 30.3. The van der Waals surface area contributed by atoms with Crippen LogP contribution < -0.4 is 28.6 Å². The molecule has 0 unspecified atom stereocenters. The molecule has 0 aliphatic carbocycles. The van der Waals surface area contributed by atoms with Gasteiger partial charge in [0.25, 0.3) is 15.9 Å². The number of para-hydroxylation sites is 2. The van der Waals surface area contributed by atoms with Crippen LogP contribution in [0.25, 0.3) is 0 Å². The van der Waals surface area contributed by atoms with Crippen molar-refractivity contribution in [2.45, 2.75) is 24.8 Å². The van der Waals surface area contributed by atoms with Crippen LogP contribution in [0.5, 0.6) is 23.1 Å². The summed E-state index contributed by atoms with van der Waals surface area (Å²) in [5, 5.41) is -0.221. The van der Waals surface area contributed by atoms with E-state index in [1.807, 2.05) is 18.7 Å². The molecule has 228 valence electrons. The van der Waals surface area contributed by atoms with Crippen molar-refractivity contribution in [3.8, 4) is 23.1 Å². The van der Waals surface area contributed by atoms with Crippen molar-refractivity contribution in [2.75, 3.05) is 62.4 Å². The van der Waals surface area contributed by atoms with Crippen molar-refractivity contribution in [1.82, 2.24) is 19.7 Å². The molecule has 1 fully saturated rings. The minimum atomic E-state index is -4.25. The molecule has 42 heavy (non-hydrogen) atoms. The number of anilines is 2. The van der Waals surface area contributed by atoms with E-state index >= 15 is 0 Å². The average molecular weight is 623 g/mol. The fraction of sp³-hybridized carbons (Fsp3) is 0.423. The molecule has 1 aliphatic rings. The molecular weight excluding hydrogens is 588 g/mol. The minimum absolute atomic E-state index is 0.0724. The van der Waals surface area contributed by atoms with Crippen LogP contribution in [0.2, 0.25) is 0 Å². The summed E-state index contributed by atoms with van der Waals surface area (Å²) in [7, 11) is -6.26. The topological polar surface area (TPSA) is 171 Å². The summed E-state index contributed by atoms with van der Waals surface area (Å²) >= 11 is 0. The zero-order valence-electron chi connectivity index (χ0n) is 23.7. The Kier molecular flexibility index (Phi) is 10.0. The highest BCUT2D eigenvalue weighted by molar-refractivity contribution is 7.92. The van der Waals surface area contributed by atoms with Crippen molar-refractivity contribution in [2.24, 2.45) is 0 Å². The molecule has 0 saturated carbocycles. The van der Waals surface area contributed by atoms with Gasteiger partial charge in [0.05, 0.1) is 26.6 Å². The van der Waals surface area contributed by atoms with Crippen molar-refractivity contribution >= 4 is 31.8 Å². The fourth-order valence-corrected chi connectivity index (χ4v) is 5.23. The highest BCUT2D eigenvalue weighted by atomic mass is 32.2. The number of benzene rings is 1. The number of ether oxygens (including phenoxy) is 4. The van der Waals surface area contributed by atoms with Gasteiger partial charge in [-0.05, 0) is 29.7 Å². The van der Waals surface area contributed by atoms with E-state index in [-0.39, 0.29) is 53.2 Å². The van der Waals surface area contributed by atoms with Gasteiger partial charge in [0.2, 0.25) is 21.7 Å². The highest BCUT2D eigenvalue weighted by Crippen LogP contribution is 2.41. The van der Waals surface area contributed by atoms with Crippen LogP contribution in [0, 0.1) is 0 Å². The van der Waals surface area contributed by atoms with E-state index in [1.54, 1.807) is 30.3 Å². The van der Waals surface area contributed by atoms with Crippen LogP contribution >= 0.6 is 0 Å². The number of nitrogens with zero attached hydrogens (tertiary/aromatic N) is 4. The van der Waals surface area contributed by atoms with E-state index in [1.165, 1.54) is 19.4 Å². The molecule has 4 rings (SSSR count). The molecule has 1 aromatic carbocycles. The van der Waals surface area contributed by atoms with Gasteiger partial charge in [0, 0.05) is 25.8 Å². The van der Waals surface area contributed by atoms with Crippen LogP contribution in [0.1, 0.15) is 25.3 Å². The first-order chi connectivity index (χ1) is 20.0. The van der Waals surface area contributed by atoms with E-state index in [0.29, 0.717) is 32.1 Å². The maximum Gasteiger partial charge on any atom is 0.280 e. The van der Waals surface area contributed by atoms with Gasteiger partial charge in [-0.15, -0.1) is 0 Å². The van der Waals surface area contributed by atoms with Crippen LogP contribution in [0.3, 0.4) is 0 Å². The second-order valence-electron chi connectivity index (χ2n) is 9.56. The zero-order valence-corrected chi connectivity index (χ0v) is 25.4. The van der Waals surface area contributed by atoms with Gasteiger partial charge in [-0.3, -0.25) is 4.72 Å². The number of hydrogen-bond acceptors (Lipinski definition) is 12. The number of nitrogens with one attached hydrogen (secondary N) is 2. The Labute approximate surface area is 245 Å². The van der Waals surface area contributed by atoms with Crippen LogP contribution in [0.4, 0.5) is 11.8 Å². The van der Waals surface area contributed by atoms with Gasteiger partial charge in [0.15, 0.2) is 22.3 Å². The summed E-state index contributed by atoms with van der Waals surface area (Å²) in [5.74, 6) is 0.446. The molecular formula is C26H34N6O8S2. The van der Waals surface area contributed by atoms with Crippen molar-refractivity contribution in [3.63, 3.8) is 0 Å². The number of rotatable bonds is 13. The van der Waals surface area contributed by atoms with E-state index < -0.39 is 20.0 Å². The molecule has 1 aliphatic heterocycles. The first-order valence-corrected chi connectivity index (χ1v) is 16.5. The number of aromatic nitrogens is 3. The third-order valence-electron chi connectivity index (χ3n) is 6.04. The normalized spacial score (nSPS) is 14.1. The average Bonchev–Trinajstić information content (AvgIpc) is 2.96. The van der Waals surface area contributed by atoms with Gasteiger partial charge < -0.3 is 23.8 Å². The third kappa shape index (κ3) is 8.18. The SMILES string of the molecule is COc1ccccc1Oc1c(NS(=O)(=O)c2ccc(C(C)C)cn2)nc(N2CCOCC2)nc1OCCNS(C)(=O)=O. The van der Waals surface area contributed by atoms with Crippen LogP contribution in [-0.4, -0.2) is 84.6 Å². The number of methoxy groups -OCH3 is 1. The number of morpholine rings is 1. The Balaban J connectivity index is 1.79. The molecule has 0 spiro atoms. The largest absolute Gasteiger partial charge is 0.493 e. The lowest BCUT2D eigenvalue weighted by molar-refractivity contribution is 0.122. The van der Waals surface area contributed by atoms with E-state index in [2.05, 4.69) is 24.4 Å². The molecule has 0 radical (unpaired) electrons. The van der Waals surface area contributed by atoms with Crippen molar-refractivity contribution in [1.29, 1.82) is 0 Å². The molecule has 14 nitrogen and oxygen atoms in total. The molecule has 0 bridgehead atoms. The fourth-order valence-electron chi connectivity index (χ4n) is 3.84. The van der Waals surface area contributed by atoms with E-state index in [0.717, 1.165) is 11.8 Å². The molecule has 3 heterocycles. The molecule has 16 heteroatoms. The summed E-state index contributed by atoms with van der Waals surface area (Å²) in [5.41, 5.74) is 0.879. The Morgan fingerprint density at radius 1 is 1.02 bits per heavy atom.